The molecule has 1 aliphatic heterocycles. The van der Waals surface area contributed by atoms with Crippen LogP contribution >= 0.6 is 0 Å². The van der Waals surface area contributed by atoms with E-state index in [9.17, 15) is 13.2 Å². The maximum Gasteiger partial charge on any atom is 0.296 e. The summed E-state index contributed by atoms with van der Waals surface area (Å²) in [5.74, 6) is 0.102. The zero-order chi connectivity index (χ0) is 23.7. The Balaban J connectivity index is 1.50. The number of halogens is 3. The minimum atomic E-state index is -2.74. The quantitative estimate of drug-likeness (QED) is 0.429. The molecule has 0 radical (unpaired) electrons. The highest BCUT2D eigenvalue weighted by molar-refractivity contribution is 5.57. The Morgan fingerprint density at radius 3 is 2.47 bits per heavy atom. The highest BCUT2D eigenvalue weighted by Crippen LogP contribution is 2.54. The van der Waals surface area contributed by atoms with E-state index in [1.54, 1.807) is 6.07 Å². The molecule has 180 valence electrons. The number of fused-ring (bicyclic) bond motifs is 2. The van der Waals surface area contributed by atoms with Crippen LogP contribution in [0.15, 0.2) is 48.5 Å². The molecule has 1 aromatic heterocycles. The van der Waals surface area contributed by atoms with E-state index in [1.165, 1.54) is 18.1 Å². The van der Waals surface area contributed by atoms with Crippen molar-refractivity contribution in [3.8, 4) is 11.4 Å². The summed E-state index contributed by atoms with van der Waals surface area (Å²) in [5.41, 5.74) is 2.62. The smallest absolute Gasteiger partial charge is 0.296 e. The molecule has 2 atom stereocenters. The number of hydrogen-bond donors (Lipinski definition) is 1. The SMILES string of the molecule is CCCC1(c2cc(F)cc(-c3n[nH]c(C(F)F)n3)c2)C2CCCC1CN(Cc1ccccc1)C2. The molecule has 1 saturated heterocycles. The number of likely N-dealkylation sites (tertiary alicyclic amines) is 1. The van der Waals surface area contributed by atoms with E-state index in [2.05, 4.69) is 51.3 Å². The van der Waals surface area contributed by atoms with Gasteiger partial charge in [0, 0.05) is 30.6 Å². The van der Waals surface area contributed by atoms with Crippen molar-refractivity contribution >= 4 is 0 Å². The predicted octanol–water partition coefficient (Wildman–Crippen LogP) is 6.52. The first-order valence-corrected chi connectivity index (χ1v) is 12.3. The van der Waals surface area contributed by atoms with Gasteiger partial charge in [0.2, 0.25) is 0 Å². The van der Waals surface area contributed by atoms with Gasteiger partial charge in [-0.3, -0.25) is 10.00 Å². The molecule has 2 aliphatic rings. The van der Waals surface area contributed by atoms with E-state index >= 15 is 0 Å². The van der Waals surface area contributed by atoms with E-state index in [1.807, 2.05) is 12.1 Å². The molecule has 0 amide bonds. The van der Waals surface area contributed by atoms with Gasteiger partial charge in [0.15, 0.2) is 11.6 Å². The molecule has 1 aliphatic carbocycles. The molecule has 2 fully saturated rings. The summed E-state index contributed by atoms with van der Waals surface area (Å²) >= 11 is 0. The van der Waals surface area contributed by atoms with Crippen LogP contribution < -0.4 is 0 Å². The summed E-state index contributed by atoms with van der Waals surface area (Å²) in [6.07, 6.45) is 2.68. The minimum Gasteiger partial charge on any atom is -0.298 e. The fourth-order valence-corrected chi connectivity index (χ4v) is 6.56. The van der Waals surface area contributed by atoms with Crippen LogP contribution in [0.25, 0.3) is 11.4 Å². The number of hydrogen-bond acceptors (Lipinski definition) is 3. The molecule has 2 bridgehead atoms. The van der Waals surface area contributed by atoms with Gasteiger partial charge >= 0.3 is 0 Å². The Bertz CT molecular complexity index is 1100. The summed E-state index contributed by atoms with van der Waals surface area (Å²) in [6.45, 7) is 5.08. The van der Waals surface area contributed by atoms with Crippen LogP contribution in [0.3, 0.4) is 0 Å². The third kappa shape index (κ3) is 4.26. The number of nitrogens with one attached hydrogen (secondary N) is 1. The first-order chi connectivity index (χ1) is 16.5. The zero-order valence-corrected chi connectivity index (χ0v) is 19.5. The molecule has 2 aromatic carbocycles. The van der Waals surface area contributed by atoms with Crippen molar-refractivity contribution < 1.29 is 13.2 Å². The number of aromatic nitrogens is 3. The standard InChI is InChI=1S/C27H31F3N4/c1-2-11-27(22-12-19(13-23(28)14-22)25-31-26(24(29)30)33-32-25)20-9-6-10-21(27)17-34(16-20)15-18-7-4-3-5-8-18/h3-5,7-8,12-14,20-21,24H,2,6,9-11,15-17H2,1H3,(H,31,32,33). The Morgan fingerprint density at radius 1 is 1.09 bits per heavy atom. The van der Waals surface area contributed by atoms with E-state index in [0.29, 0.717) is 17.4 Å². The lowest BCUT2D eigenvalue weighted by atomic mass is 9.53. The van der Waals surface area contributed by atoms with Crippen LogP contribution in [0.5, 0.6) is 0 Å². The zero-order valence-electron chi connectivity index (χ0n) is 19.5. The van der Waals surface area contributed by atoms with E-state index in [-0.39, 0.29) is 17.1 Å². The molecule has 2 unspecified atom stereocenters. The predicted molar refractivity (Wildman–Crippen MR) is 126 cm³/mol. The Kier molecular flexibility index (Phi) is 6.47. The summed E-state index contributed by atoms with van der Waals surface area (Å²) in [4.78, 5) is 6.47. The molecule has 7 heteroatoms. The van der Waals surface area contributed by atoms with Crippen molar-refractivity contribution in [1.82, 2.24) is 20.1 Å². The number of benzene rings is 2. The van der Waals surface area contributed by atoms with Gasteiger partial charge in [-0.05, 0) is 60.4 Å². The molecule has 0 spiro atoms. The van der Waals surface area contributed by atoms with Gasteiger partial charge in [-0.25, -0.2) is 18.2 Å². The van der Waals surface area contributed by atoms with Crippen molar-refractivity contribution in [2.24, 2.45) is 11.8 Å². The number of aromatic amines is 1. The molecule has 1 N–H and O–H groups in total. The molecule has 2 heterocycles. The Hall–Kier alpha value is -2.67. The van der Waals surface area contributed by atoms with Crippen LogP contribution in [0.1, 0.15) is 62.4 Å². The van der Waals surface area contributed by atoms with Gasteiger partial charge in [-0.15, -0.1) is 0 Å². The number of H-pyrrole nitrogens is 1. The van der Waals surface area contributed by atoms with Gasteiger partial charge in [0.25, 0.3) is 6.43 Å². The number of piperidine rings is 1. The number of rotatable bonds is 7. The van der Waals surface area contributed by atoms with Gasteiger partial charge in [-0.1, -0.05) is 50.1 Å². The normalized spacial score (nSPS) is 25.1. The van der Waals surface area contributed by atoms with Crippen LogP contribution in [0.4, 0.5) is 13.2 Å². The largest absolute Gasteiger partial charge is 0.298 e. The molecule has 4 nitrogen and oxygen atoms in total. The second-order valence-corrected chi connectivity index (χ2v) is 9.87. The lowest BCUT2D eigenvalue weighted by molar-refractivity contribution is -0.0151. The van der Waals surface area contributed by atoms with Crippen LogP contribution in [-0.2, 0) is 12.0 Å². The summed E-state index contributed by atoms with van der Waals surface area (Å²) < 4.78 is 41.0. The highest BCUT2D eigenvalue weighted by Gasteiger charge is 2.51. The van der Waals surface area contributed by atoms with Crippen molar-refractivity contribution in [2.45, 2.75) is 57.4 Å². The molecule has 1 saturated carbocycles. The molecule has 34 heavy (non-hydrogen) atoms. The first kappa shape index (κ1) is 23.1. The first-order valence-electron chi connectivity index (χ1n) is 12.3. The van der Waals surface area contributed by atoms with E-state index < -0.39 is 12.2 Å². The minimum absolute atomic E-state index is 0.120. The number of alkyl halides is 2. The number of nitrogens with zero attached hydrogens (tertiary/aromatic N) is 3. The van der Waals surface area contributed by atoms with Gasteiger partial charge < -0.3 is 0 Å². The average molecular weight is 469 g/mol. The maximum atomic E-state index is 15.0. The van der Waals surface area contributed by atoms with Crippen LogP contribution in [-0.4, -0.2) is 33.2 Å². The second-order valence-electron chi connectivity index (χ2n) is 9.87. The average Bonchev–Trinajstić information content (AvgIpc) is 3.31. The summed E-state index contributed by atoms with van der Waals surface area (Å²) in [6, 6.07) is 15.5. The maximum absolute atomic E-state index is 15.0. The van der Waals surface area contributed by atoms with Crippen molar-refractivity contribution in [3.63, 3.8) is 0 Å². The fourth-order valence-electron chi connectivity index (χ4n) is 6.56. The van der Waals surface area contributed by atoms with Gasteiger partial charge in [-0.2, -0.15) is 5.10 Å². The van der Waals surface area contributed by atoms with Crippen molar-refractivity contribution in [2.75, 3.05) is 13.1 Å². The third-order valence-electron chi connectivity index (χ3n) is 7.83. The van der Waals surface area contributed by atoms with Gasteiger partial charge in [0.05, 0.1) is 0 Å². The van der Waals surface area contributed by atoms with E-state index in [4.69, 9.17) is 0 Å². The highest BCUT2D eigenvalue weighted by atomic mass is 19.3. The Morgan fingerprint density at radius 2 is 1.82 bits per heavy atom. The van der Waals surface area contributed by atoms with Crippen molar-refractivity contribution in [3.05, 3.63) is 71.3 Å². The van der Waals surface area contributed by atoms with Crippen molar-refractivity contribution in [1.29, 1.82) is 0 Å². The molecule has 3 aromatic rings. The van der Waals surface area contributed by atoms with Crippen LogP contribution in [0.2, 0.25) is 0 Å². The molecular weight excluding hydrogens is 437 g/mol. The lowest BCUT2D eigenvalue weighted by Gasteiger charge is -2.57. The lowest BCUT2D eigenvalue weighted by Crippen LogP contribution is -2.57. The fraction of sp³-hybridized carbons (Fsp3) is 0.481. The third-order valence-corrected chi connectivity index (χ3v) is 7.83. The second kappa shape index (κ2) is 9.53. The Labute approximate surface area is 198 Å². The molecular formula is C27H31F3N4. The topological polar surface area (TPSA) is 44.8 Å². The van der Waals surface area contributed by atoms with Crippen LogP contribution in [0, 0.1) is 17.7 Å². The summed E-state index contributed by atoms with van der Waals surface area (Å²) in [5, 5.41) is 6.23. The van der Waals surface area contributed by atoms with Gasteiger partial charge in [0.1, 0.15) is 5.82 Å². The molecule has 5 rings (SSSR count). The van der Waals surface area contributed by atoms with E-state index in [0.717, 1.165) is 50.9 Å². The summed E-state index contributed by atoms with van der Waals surface area (Å²) in [7, 11) is 0. The monoisotopic (exact) mass is 468 g/mol.